The largest absolute Gasteiger partial charge is 0.497 e. The summed E-state index contributed by atoms with van der Waals surface area (Å²) in [7, 11) is 1.58. The van der Waals surface area contributed by atoms with Crippen molar-refractivity contribution < 1.29 is 14.3 Å². The number of carbonyl (C=O) groups is 2. The molecule has 2 aromatic carbocycles. The summed E-state index contributed by atoms with van der Waals surface area (Å²) in [5, 5.41) is 3.80. The number of nitrogens with zero attached hydrogens (tertiary/aromatic N) is 1. The van der Waals surface area contributed by atoms with Crippen molar-refractivity contribution in [3.63, 3.8) is 0 Å². The Hall–Kier alpha value is -2.24. The highest BCUT2D eigenvalue weighted by Gasteiger charge is 2.39. The molecule has 0 radical (unpaired) electrons. The van der Waals surface area contributed by atoms with Gasteiger partial charge < -0.3 is 10.1 Å². The molecule has 7 heteroatoms. The van der Waals surface area contributed by atoms with Crippen molar-refractivity contribution in [1.29, 1.82) is 0 Å². The van der Waals surface area contributed by atoms with Crippen LogP contribution in [0.25, 0.3) is 0 Å². The lowest BCUT2D eigenvalue weighted by Crippen LogP contribution is -2.34. The monoisotopic (exact) mass is 364 g/mol. The molecular formula is C17H14Cl2N2O3. The fraction of sp³-hybridized carbons (Fsp3) is 0.176. The standard InChI is InChI=1S/C17H14Cl2N2O3/c1-24-14-4-2-12(3-5-14)20-15-9-16(22)21(17(15)23)13-7-10(18)6-11(19)8-13/h2-8,15,20H,9H2,1H3. The van der Waals surface area contributed by atoms with Gasteiger partial charge in [0.05, 0.1) is 19.2 Å². The molecule has 0 saturated carbocycles. The minimum Gasteiger partial charge on any atom is -0.497 e. The van der Waals surface area contributed by atoms with Gasteiger partial charge in [-0.15, -0.1) is 0 Å². The summed E-state index contributed by atoms with van der Waals surface area (Å²) in [5.74, 6) is 0.0723. The number of nitrogens with one attached hydrogen (secondary N) is 1. The zero-order valence-electron chi connectivity index (χ0n) is 12.8. The topological polar surface area (TPSA) is 58.6 Å². The number of hydrogen-bond donors (Lipinski definition) is 1. The lowest BCUT2D eigenvalue weighted by molar-refractivity contribution is -0.121. The lowest BCUT2D eigenvalue weighted by atomic mass is 10.2. The SMILES string of the molecule is COc1ccc(NC2CC(=O)N(c3cc(Cl)cc(Cl)c3)C2=O)cc1. The summed E-state index contributed by atoms with van der Waals surface area (Å²) in [4.78, 5) is 26.0. The fourth-order valence-electron chi connectivity index (χ4n) is 2.57. The van der Waals surface area contributed by atoms with Crippen molar-refractivity contribution in [2.24, 2.45) is 0 Å². The molecule has 0 spiro atoms. The van der Waals surface area contributed by atoms with E-state index in [2.05, 4.69) is 5.32 Å². The van der Waals surface area contributed by atoms with Gasteiger partial charge in [-0.25, -0.2) is 4.90 Å². The summed E-state index contributed by atoms with van der Waals surface area (Å²) >= 11 is 11.9. The molecule has 2 aromatic rings. The lowest BCUT2D eigenvalue weighted by Gasteiger charge is -2.17. The van der Waals surface area contributed by atoms with Crippen molar-refractivity contribution in [2.75, 3.05) is 17.3 Å². The number of carbonyl (C=O) groups excluding carboxylic acids is 2. The molecule has 24 heavy (non-hydrogen) atoms. The van der Waals surface area contributed by atoms with E-state index in [9.17, 15) is 9.59 Å². The van der Waals surface area contributed by atoms with Crippen LogP contribution in [0, 0.1) is 0 Å². The maximum atomic E-state index is 12.6. The zero-order chi connectivity index (χ0) is 17.3. The Morgan fingerprint density at radius 2 is 1.71 bits per heavy atom. The molecule has 1 unspecified atom stereocenters. The Bertz CT molecular complexity index is 773. The highest BCUT2D eigenvalue weighted by atomic mass is 35.5. The van der Waals surface area contributed by atoms with Gasteiger partial charge in [-0.3, -0.25) is 9.59 Å². The fourth-order valence-corrected chi connectivity index (χ4v) is 3.09. The second-order valence-corrected chi connectivity index (χ2v) is 6.20. The van der Waals surface area contributed by atoms with E-state index in [4.69, 9.17) is 27.9 Å². The van der Waals surface area contributed by atoms with E-state index in [1.54, 1.807) is 49.6 Å². The Balaban J connectivity index is 1.80. The third-order valence-corrected chi connectivity index (χ3v) is 4.12. The predicted octanol–water partition coefficient (Wildman–Crippen LogP) is 3.75. The first-order valence-corrected chi connectivity index (χ1v) is 7.97. The van der Waals surface area contributed by atoms with Gasteiger partial charge in [0, 0.05) is 15.7 Å². The molecule has 124 valence electrons. The van der Waals surface area contributed by atoms with E-state index < -0.39 is 6.04 Å². The maximum Gasteiger partial charge on any atom is 0.256 e. The average molecular weight is 365 g/mol. The van der Waals surface area contributed by atoms with E-state index >= 15 is 0 Å². The molecule has 1 N–H and O–H groups in total. The number of ether oxygens (including phenoxy) is 1. The van der Waals surface area contributed by atoms with Gasteiger partial charge in [0.15, 0.2) is 0 Å². The molecule has 0 aromatic heterocycles. The van der Waals surface area contributed by atoms with Gasteiger partial charge >= 0.3 is 0 Å². The molecule has 0 bridgehead atoms. The van der Waals surface area contributed by atoms with Crippen molar-refractivity contribution in [3.8, 4) is 5.75 Å². The normalized spacial score (nSPS) is 17.3. The molecule has 1 heterocycles. The van der Waals surface area contributed by atoms with Crippen LogP contribution in [-0.2, 0) is 9.59 Å². The molecule has 1 aliphatic heterocycles. The molecule has 5 nitrogen and oxygen atoms in total. The van der Waals surface area contributed by atoms with Crippen molar-refractivity contribution in [2.45, 2.75) is 12.5 Å². The summed E-state index contributed by atoms with van der Waals surface area (Å²) in [5.41, 5.74) is 1.11. The number of rotatable bonds is 4. The minimum atomic E-state index is -0.636. The highest BCUT2D eigenvalue weighted by Crippen LogP contribution is 2.30. The summed E-state index contributed by atoms with van der Waals surface area (Å²) in [6, 6.07) is 11.1. The molecule has 1 saturated heterocycles. The van der Waals surface area contributed by atoms with Crippen molar-refractivity contribution in [3.05, 3.63) is 52.5 Å². The van der Waals surface area contributed by atoms with Crippen LogP contribution in [-0.4, -0.2) is 25.0 Å². The molecule has 1 fully saturated rings. The second-order valence-electron chi connectivity index (χ2n) is 5.32. The number of amides is 2. The summed E-state index contributed by atoms with van der Waals surface area (Å²) in [6.07, 6.45) is 0.0645. The minimum absolute atomic E-state index is 0.0645. The van der Waals surface area contributed by atoms with E-state index in [-0.39, 0.29) is 18.2 Å². The van der Waals surface area contributed by atoms with E-state index in [1.165, 1.54) is 0 Å². The maximum absolute atomic E-state index is 12.6. The summed E-state index contributed by atoms with van der Waals surface area (Å²) < 4.78 is 5.09. The van der Waals surface area contributed by atoms with Crippen LogP contribution in [0.1, 0.15) is 6.42 Å². The van der Waals surface area contributed by atoms with E-state index in [1.807, 2.05) is 0 Å². The first-order valence-electron chi connectivity index (χ1n) is 7.21. The summed E-state index contributed by atoms with van der Waals surface area (Å²) in [6.45, 7) is 0. The Labute approximate surface area is 149 Å². The second kappa shape index (κ2) is 6.71. The third kappa shape index (κ3) is 3.32. The quantitative estimate of drug-likeness (QED) is 0.839. The Morgan fingerprint density at radius 1 is 1.08 bits per heavy atom. The Kier molecular flexibility index (Phi) is 4.64. The number of benzene rings is 2. The number of imide groups is 1. The first-order chi connectivity index (χ1) is 11.5. The Morgan fingerprint density at radius 3 is 2.29 bits per heavy atom. The van der Waals surface area contributed by atoms with Gasteiger partial charge in [0.1, 0.15) is 11.8 Å². The van der Waals surface area contributed by atoms with Gasteiger partial charge in [-0.1, -0.05) is 23.2 Å². The van der Waals surface area contributed by atoms with Crippen LogP contribution in [0.4, 0.5) is 11.4 Å². The molecule has 2 amide bonds. The highest BCUT2D eigenvalue weighted by molar-refractivity contribution is 6.35. The van der Waals surface area contributed by atoms with Gasteiger partial charge in [-0.05, 0) is 42.5 Å². The average Bonchev–Trinajstić information content (AvgIpc) is 2.81. The van der Waals surface area contributed by atoms with Crippen LogP contribution in [0.5, 0.6) is 5.75 Å². The number of hydrogen-bond acceptors (Lipinski definition) is 4. The molecule has 1 atom stereocenters. The van der Waals surface area contributed by atoms with Crippen molar-refractivity contribution >= 4 is 46.4 Å². The number of methoxy groups -OCH3 is 1. The molecule has 1 aliphatic rings. The molecular weight excluding hydrogens is 351 g/mol. The van der Waals surface area contributed by atoms with Crippen LogP contribution >= 0.6 is 23.2 Å². The van der Waals surface area contributed by atoms with Gasteiger partial charge in [-0.2, -0.15) is 0 Å². The number of halogens is 2. The van der Waals surface area contributed by atoms with Gasteiger partial charge in [0.2, 0.25) is 5.91 Å². The van der Waals surface area contributed by atoms with E-state index in [0.717, 1.165) is 10.6 Å². The zero-order valence-corrected chi connectivity index (χ0v) is 14.3. The molecule has 0 aliphatic carbocycles. The first kappa shape index (κ1) is 16.6. The van der Waals surface area contributed by atoms with Gasteiger partial charge in [0.25, 0.3) is 5.91 Å². The van der Waals surface area contributed by atoms with Crippen LogP contribution in [0.15, 0.2) is 42.5 Å². The van der Waals surface area contributed by atoms with Crippen LogP contribution in [0.2, 0.25) is 10.0 Å². The van der Waals surface area contributed by atoms with E-state index in [0.29, 0.717) is 21.5 Å². The molecule has 3 rings (SSSR count). The van der Waals surface area contributed by atoms with Crippen molar-refractivity contribution in [1.82, 2.24) is 0 Å². The number of anilines is 2. The van der Waals surface area contributed by atoms with Crippen LogP contribution < -0.4 is 15.0 Å². The predicted molar refractivity (Wildman–Crippen MR) is 94.0 cm³/mol. The third-order valence-electron chi connectivity index (χ3n) is 3.68. The smallest absolute Gasteiger partial charge is 0.256 e. The van der Waals surface area contributed by atoms with Crippen LogP contribution in [0.3, 0.4) is 0 Å².